The van der Waals surface area contributed by atoms with Crippen molar-refractivity contribution < 1.29 is 4.79 Å². The van der Waals surface area contributed by atoms with E-state index in [9.17, 15) is 10.1 Å². The second kappa shape index (κ2) is 5.89. The van der Waals surface area contributed by atoms with Gasteiger partial charge in [0.25, 0.3) is 5.78 Å². The zero-order valence-corrected chi connectivity index (χ0v) is 13.8. The fourth-order valence-electron chi connectivity index (χ4n) is 3.50. The summed E-state index contributed by atoms with van der Waals surface area (Å²) in [6.07, 6.45) is 0. The molecule has 0 N–H and O–H groups in total. The SMILES string of the molecule is Cc1ccc2ccccc2c1-c1c(C(=O)C#N)ccc2ccccc12. The maximum atomic E-state index is 12.3. The van der Waals surface area contributed by atoms with Crippen molar-refractivity contribution in [3.63, 3.8) is 0 Å². The van der Waals surface area contributed by atoms with Crippen molar-refractivity contribution in [1.29, 1.82) is 5.26 Å². The summed E-state index contributed by atoms with van der Waals surface area (Å²) < 4.78 is 0. The molecule has 0 atom stereocenters. The second-order valence-electron chi connectivity index (χ2n) is 6.13. The van der Waals surface area contributed by atoms with E-state index >= 15 is 0 Å². The Labute approximate surface area is 146 Å². The zero-order chi connectivity index (χ0) is 17.4. The molecule has 0 spiro atoms. The number of nitrogens with zero attached hydrogens (tertiary/aromatic N) is 1. The molecule has 0 aliphatic rings. The number of ketones is 1. The summed E-state index contributed by atoms with van der Waals surface area (Å²) in [6, 6.07) is 25.7. The molecule has 0 saturated heterocycles. The Morgan fingerprint density at radius 1 is 0.760 bits per heavy atom. The Kier molecular flexibility index (Phi) is 3.56. The number of hydrogen-bond acceptors (Lipinski definition) is 2. The van der Waals surface area contributed by atoms with Crippen LogP contribution >= 0.6 is 0 Å². The second-order valence-corrected chi connectivity index (χ2v) is 6.13. The van der Waals surface area contributed by atoms with Crippen LogP contribution in [-0.2, 0) is 0 Å². The van der Waals surface area contributed by atoms with E-state index in [4.69, 9.17) is 0 Å². The van der Waals surface area contributed by atoms with Gasteiger partial charge in [0.1, 0.15) is 6.07 Å². The maximum Gasteiger partial charge on any atom is 0.262 e. The molecule has 2 nitrogen and oxygen atoms in total. The van der Waals surface area contributed by atoms with E-state index in [1.165, 1.54) is 0 Å². The molecule has 0 radical (unpaired) electrons. The Bertz CT molecular complexity index is 1180. The van der Waals surface area contributed by atoms with Gasteiger partial charge >= 0.3 is 0 Å². The van der Waals surface area contributed by atoms with Crippen LogP contribution in [0.5, 0.6) is 0 Å². The fraction of sp³-hybridized carbons (Fsp3) is 0.0435. The Morgan fingerprint density at radius 2 is 1.32 bits per heavy atom. The highest BCUT2D eigenvalue weighted by molar-refractivity contribution is 6.19. The number of nitriles is 1. The van der Waals surface area contributed by atoms with Crippen LogP contribution in [0, 0.1) is 18.3 Å². The molecule has 0 fully saturated rings. The molecule has 4 rings (SSSR count). The van der Waals surface area contributed by atoms with Gasteiger partial charge in [-0.3, -0.25) is 4.79 Å². The van der Waals surface area contributed by atoms with E-state index in [-0.39, 0.29) is 0 Å². The van der Waals surface area contributed by atoms with Crippen LogP contribution in [0.25, 0.3) is 32.7 Å². The molecule has 0 bridgehead atoms. The molecule has 118 valence electrons. The molecule has 2 heteroatoms. The summed E-state index contributed by atoms with van der Waals surface area (Å²) in [5.41, 5.74) is 3.41. The van der Waals surface area contributed by atoms with Crippen molar-refractivity contribution in [3.05, 3.63) is 83.9 Å². The lowest BCUT2D eigenvalue weighted by molar-refractivity contribution is 0.105. The maximum absolute atomic E-state index is 12.3. The van der Waals surface area contributed by atoms with E-state index in [1.807, 2.05) is 49.4 Å². The average Bonchev–Trinajstić information content (AvgIpc) is 2.67. The molecule has 4 aromatic rings. The van der Waals surface area contributed by atoms with Crippen molar-refractivity contribution >= 4 is 27.3 Å². The summed E-state index contributed by atoms with van der Waals surface area (Å²) in [5.74, 6) is -0.506. The smallest absolute Gasteiger partial charge is 0.262 e. The van der Waals surface area contributed by atoms with Crippen LogP contribution in [0.1, 0.15) is 15.9 Å². The molecule has 0 aliphatic heterocycles. The van der Waals surface area contributed by atoms with Gasteiger partial charge in [-0.25, -0.2) is 0 Å². The molecule has 0 unspecified atom stereocenters. The predicted octanol–water partition coefficient (Wildman–Crippen LogP) is 5.67. The van der Waals surface area contributed by atoms with E-state index in [2.05, 4.69) is 24.3 Å². The van der Waals surface area contributed by atoms with Gasteiger partial charge < -0.3 is 0 Å². The number of carbonyl (C=O) groups excluding carboxylic acids is 1. The van der Waals surface area contributed by atoms with Gasteiger partial charge in [0.05, 0.1) is 0 Å². The molecule has 0 aliphatic carbocycles. The molecule has 0 saturated carbocycles. The van der Waals surface area contributed by atoms with Crippen LogP contribution in [0.4, 0.5) is 0 Å². The van der Waals surface area contributed by atoms with Gasteiger partial charge in [-0.05, 0) is 45.7 Å². The first-order valence-corrected chi connectivity index (χ1v) is 8.15. The topological polar surface area (TPSA) is 40.9 Å². The Balaban J connectivity index is 2.23. The lowest BCUT2D eigenvalue weighted by Crippen LogP contribution is -2.00. The third-order valence-electron chi connectivity index (χ3n) is 4.66. The van der Waals surface area contributed by atoms with E-state index in [1.54, 1.807) is 12.1 Å². The number of hydrogen-bond donors (Lipinski definition) is 0. The molecular weight excluding hydrogens is 306 g/mol. The lowest BCUT2D eigenvalue weighted by Gasteiger charge is -2.16. The largest absolute Gasteiger partial charge is 0.277 e. The third-order valence-corrected chi connectivity index (χ3v) is 4.66. The first kappa shape index (κ1) is 15.1. The van der Waals surface area contributed by atoms with Crippen molar-refractivity contribution in [1.82, 2.24) is 0 Å². The molecule has 4 aromatic carbocycles. The molecule has 25 heavy (non-hydrogen) atoms. The quantitative estimate of drug-likeness (QED) is 0.352. The number of aryl methyl sites for hydroxylation is 1. The summed E-state index contributed by atoms with van der Waals surface area (Å²) >= 11 is 0. The standard InChI is InChI=1S/C23H15NO/c1-15-10-11-16-6-2-4-8-18(16)22(15)23-19-9-5-3-7-17(19)12-13-20(23)21(25)14-24/h2-13H,1H3. The van der Waals surface area contributed by atoms with E-state index < -0.39 is 5.78 Å². The van der Waals surface area contributed by atoms with Crippen molar-refractivity contribution in [2.24, 2.45) is 0 Å². The van der Waals surface area contributed by atoms with Crippen LogP contribution in [-0.4, -0.2) is 5.78 Å². The molecule has 0 heterocycles. The van der Waals surface area contributed by atoms with Gasteiger partial charge in [0, 0.05) is 11.1 Å². The normalized spacial score (nSPS) is 10.7. The minimum Gasteiger partial charge on any atom is -0.277 e. The zero-order valence-electron chi connectivity index (χ0n) is 13.8. The average molecular weight is 321 g/mol. The molecular formula is C23H15NO. The van der Waals surface area contributed by atoms with Crippen molar-refractivity contribution in [2.75, 3.05) is 0 Å². The van der Waals surface area contributed by atoms with Gasteiger partial charge in [0.2, 0.25) is 0 Å². The Hall–Kier alpha value is -3.44. The van der Waals surface area contributed by atoms with Crippen molar-refractivity contribution in [2.45, 2.75) is 6.92 Å². The van der Waals surface area contributed by atoms with Gasteiger partial charge in [-0.15, -0.1) is 0 Å². The van der Waals surface area contributed by atoms with E-state index in [0.717, 1.165) is 38.2 Å². The molecule has 0 amide bonds. The third kappa shape index (κ3) is 2.38. The van der Waals surface area contributed by atoms with Crippen molar-refractivity contribution in [3.8, 4) is 17.2 Å². The van der Waals surface area contributed by atoms with Crippen LogP contribution < -0.4 is 0 Å². The summed E-state index contributed by atoms with van der Waals surface area (Å²) in [4.78, 5) is 12.3. The summed E-state index contributed by atoms with van der Waals surface area (Å²) in [7, 11) is 0. The summed E-state index contributed by atoms with van der Waals surface area (Å²) in [6.45, 7) is 2.05. The predicted molar refractivity (Wildman–Crippen MR) is 102 cm³/mol. The highest BCUT2D eigenvalue weighted by Gasteiger charge is 2.18. The molecule has 0 aromatic heterocycles. The first-order chi connectivity index (χ1) is 12.2. The van der Waals surface area contributed by atoms with Gasteiger partial charge in [-0.1, -0.05) is 66.7 Å². The van der Waals surface area contributed by atoms with Crippen LogP contribution in [0.2, 0.25) is 0 Å². The minimum absolute atomic E-state index is 0.459. The summed E-state index contributed by atoms with van der Waals surface area (Å²) in [5, 5.41) is 13.5. The lowest BCUT2D eigenvalue weighted by atomic mass is 9.86. The number of rotatable bonds is 2. The highest BCUT2D eigenvalue weighted by atomic mass is 16.1. The fourth-order valence-corrected chi connectivity index (χ4v) is 3.50. The number of Topliss-reactive ketones (excluding diaryl/α,β-unsaturated/α-hetero) is 1. The number of benzene rings is 4. The van der Waals surface area contributed by atoms with Gasteiger partial charge in [-0.2, -0.15) is 5.26 Å². The van der Waals surface area contributed by atoms with E-state index in [0.29, 0.717) is 5.56 Å². The number of fused-ring (bicyclic) bond motifs is 2. The highest BCUT2D eigenvalue weighted by Crippen LogP contribution is 2.38. The van der Waals surface area contributed by atoms with Crippen LogP contribution in [0.15, 0.2) is 72.8 Å². The number of carbonyl (C=O) groups is 1. The van der Waals surface area contributed by atoms with Gasteiger partial charge in [0.15, 0.2) is 0 Å². The first-order valence-electron chi connectivity index (χ1n) is 8.15. The minimum atomic E-state index is -0.506. The Morgan fingerprint density at radius 3 is 1.96 bits per heavy atom. The van der Waals surface area contributed by atoms with Crippen LogP contribution in [0.3, 0.4) is 0 Å². The monoisotopic (exact) mass is 321 g/mol.